The summed E-state index contributed by atoms with van der Waals surface area (Å²) >= 11 is 0. The Kier molecular flexibility index (Phi) is 9.76. The molecule has 6 nitrogen and oxygen atoms in total. The van der Waals surface area contributed by atoms with Crippen molar-refractivity contribution < 1.29 is 94.1 Å². The van der Waals surface area contributed by atoms with Gasteiger partial charge in [0.15, 0.2) is 0 Å². The highest BCUT2D eigenvalue weighted by molar-refractivity contribution is 5.72. The van der Waals surface area contributed by atoms with Crippen LogP contribution in [0.15, 0.2) is 0 Å². The minimum atomic E-state index is -8.72. The highest BCUT2D eigenvalue weighted by Gasteiger charge is 2.95. The van der Waals surface area contributed by atoms with Gasteiger partial charge in [0.25, 0.3) is 0 Å². The molecule has 1 unspecified atom stereocenters. The molecule has 0 saturated heterocycles. The van der Waals surface area contributed by atoms with Gasteiger partial charge in [0.2, 0.25) is 0 Å². The zero-order valence-corrected chi connectivity index (χ0v) is 17.8. The number of rotatable bonds is 11. The number of carboxylic acid groups (broad SMARTS) is 1. The molecule has 0 spiro atoms. The van der Waals surface area contributed by atoms with Crippen molar-refractivity contribution in [1.29, 1.82) is 0 Å². The zero-order chi connectivity index (χ0) is 31.0. The monoisotopic (exact) mass is 608 g/mol. The Hall–Kier alpha value is -2.65. The number of hydrazine groups is 1. The van der Waals surface area contributed by atoms with Gasteiger partial charge in [0.1, 0.15) is 6.10 Å². The minimum Gasteiger partial charge on any atom is -0.464 e. The van der Waals surface area contributed by atoms with Gasteiger partial charge in [-0.25, -0.2) is 20.4 Å². The molecule has 0 heterocycles. The van der Waals surface area contributed by atoms with E-state index in [1.807, 2.05) is 0 Å². The lowest BCUT2D eigenvalue weighted by atomic mass is 9.87. The molecule has 0 radical (unpaired) electrons. The molecule has 0 aliphatic rings. The van der Waals surface area contributed by atoms with Crippen molar-refractivity contribution in [1.82, 2.24) is 10.9 Å². The Labute approximate surface area is 198 Å². The van der Waals surface area contributed by atoms with E-state index >= 15 is 0 Å². The maximum Gasteiger partial charge on any atom is 0.460 e. The van der Waals surface area contributed by atoms with E-state index in [0.29, 0.717) is 0 Å². The fourth-order valence-electron chi connectivity index (χ4n) is 2.33. The lowest BCUT2D eigenvalue weighted by molar-refractivity contribution is -0.461. The second-order valence-corrected chi connectivity index (χ2v) is 7.18. The van der Waals surface area contributed by atoms with Crippen molar-refractivity contribution in [2.75, 3.05) is 0 Å². The van der Waals surface area contributed by atoms with Crippen molar-refractivity contribution in [3.05, 3.63) is 0 Å². The Morgan fingerprint density at radius 1 is 0.658 bits per heavy atom. The first-order valence-corrected chi connectivity index (χ1v) is 9.16. The van der Waals surface area contributed by atoms with Gasteiger partial charge in [-0.2, -0.15) is 74.6 Å². The molecule has 0 fully saturated rings. The van der Waals surface area contributed by atoms with Crippen molar-refractivity contribution in [3.8, 4) is 0 Å². The lowest BCUT2D eigenvalue weighted by Gasteiger charge is -2.42. The van der Waals surface area contributed by atoms with E-state index in [4.69, 9.17) is 5.11 Å². The summed E-state index contributed by atoms with van der Waals surface area (Å²) in [5.74, 6) is -57.1. The Morgan fingerprint density at radius 3 is 1.37 bits per heavy atom. The SMILES string of the molecule is CCC(CCC(F)(F)C(F)(F)C(F)(F)C(F)(F)C(F)(F)C(F)(F)C(F)(F)C(F)(F)F)OC(=O)NNC(=O)O. The number of amides is 2. The van der Waals surface area contributed by atoms with Gasteiger partial charge in [0, 0.05) is 6.42 Å². The molecule has 226 valence electrons. The van der Waals surface area contributed by atoms with Gasteiger partial charge in [-0.05, 0) is 12.8 Å². The molecular weight excluding hydrogens is 595 g/mol. The third-order valence-electron chi connectivity index (χ3n) is 4.57. The molecule has 0 aliphatic carbocycles. The molecule has 0 aromatic heterocycles. The van der Waals surface area contributed by atoms with Gasteiger partial charge in [-0.1, -0.05) is 6.92 Å². The van der Waals surface area contributed by atoms with Gasteiger partial charge in [-0.3, -0.25) is 0 Å². The van der Waals surface area contributed by atoms with Crippen molar-refractivity contribution in [3.63, 3.8) is 0 Å². The van der Waals surface area contributed by atoms with Crippen LogP contribution in [-0.2, 0) is 4.74 Å². The summed E-state index contributed by atoms with van der Waals surface area (Å²) in [5.41, 5.74) is 2.35. The summed E-state index contributed by atoms with van der Waals surface area (Å²) < 4.78 is 229. The highest BCUT2D eigenvalue weighted by atomic mass is 19.4. The van der Waals surface area contributed by atoms with Gasteiger partial charge < -0.3 is 9.84 Å². The number of hydrogen-bond acceptors (Lipinski definition) is 3. The average molecular weight is 608 g/mol. The Balaban J connectivity index is 6.18. The molecular formula is C15H13F17N2O4. The van der Waals surface area contributed by atoms with Crippen molar-refractivity contribution >= 4 is 12.2 Å². The van der Waals surface area contributed by atoms with Crippen molar-refractivity contribution in [2.24, 2.45) is 0 Å². The van der Waals surface area contributed by atoms with Gasteiger partial charge in [-0.15, -0.1) is 0 Å². The fourth-order valence-corrected chi connectivity index (χ4v) is 2.33. The molecule has 0 bridgehead atoms. The zero-order valence-electron chi connectivity index (χ0n) is 17.8. The van der Waals surface area contributed by atoms with Crippen LogP contribution in [0.1, 0.15) is 26.2 Å². The molecule has 0 aromatic carbocycles. The molecule has 0 aromatic rings. The second-order valence-electron chi connectivity index (χ2n) is 7.18. The maximum absolute atomic E-state index is 13.9. The van der Waals surface area contributed by atoms with Crippen LogP contribution in [0.3, 0.4) is 0 Å². The van der Waals surface area contributed by atoms with E-state index in [0.717, 1.165) is 12.3 Å². The van der Waals surface area contributed by atoms with Crippen LogP contribution >= 0.6 is 0 Å². The van der Waals surface area contributed by atoms with Crippen LogP contribution in [0.25, 0.3) is 0 Å². The normalized spacial score (nSPS) is 15.6. The summed E-state index contributed by atoms with van der Waals surface area (Å²) in [4.78, 5) is 21.3. The number of nitrogens with one attached hydrogen (secondary N) is 2. The highest BCUT2D eigenvalue weighted by Crippen LogP contribution is 2.64. The predicted molar refractivity (Wildman–Crippen MR) is 84.8 cm³/mol. The number of carbonyl (C=O) groups is 2. The lowest BCUT2D eigenvalue weighted by Crippen LogP contribution is -2.74. The first-order valence-electron chi connectivity index (χ1n) is 9.16. The number of halogens is 17. The summed E-state index contributed by atoms with van der Waals surface area (Å²) in [5, 5.41) is 8.19. The molecule has 0 saturated carbocycles. The molecule has 23 heteroatoms. The molecule has 2 amide bonds. The Morgan fingerprint density at radius 2 is 1.03 bits per heavy atom. The van der Waals surface area contributed by atoms with E-state index in [-0.39, 0.29) is 0 Å². The number of carbonyl (C=O) groups excluding carboxylic acids is 1. The summed E-state index contributed by atoms with van der Waals surface area (Å²) in [6.07, 6.45) is -18.8. The van der Waals surface area contributed by atoms with E-state index in [9.17, 15) is 84.2 Å². The molecule has 38 heavy (non-hydrogen) atoms. The standard InChI is InChI=1S/C15H13F17N2O4/c1-2-5(38-7(37)34-33-6(35)36)3-4-8(16,17)9(18,19)10(20,21)11(22,23)12(24,25)13(26,27)14(28,29)15(30,31)32/h5,33H,2-4H2,1H3,(H,34,37)(H,35,36). The number of hydrogen-bond donors (Lipinski definition) is 3. The topological polar surface area (TPSA) is 87.7 Å². The quantitative estimate of drug-likeness (QED) is 0.186. The maximum atomic E-state index is 13.9. The minimum absolute atomic E-state index is 0.661. The van der Waals surface area contributed by atoms with E-state index < -0.39 is 85.2 Å². The van der Waals surface area contributed by atoms with E-state index in [1.165, 1.54) is 5.43 Å². The number of ether oxygens (including phenoxy) is 1. The molecule has 0 rings (SSSR count). The van der Waals surface area contributed by atoms with Crippen LogP contribution in [0.2, 0.25) is 0 Å². The van der Waals surface area contributed by atoms with Gasteiger partial charge in [0.05, 0.1) is 0 Å². The first-order chi connectivity index (χ1) is 16.5. The Bertz CT molecular complexity index is 859. The largest absolute Gasteiger partial charge is 0.464 e. The van der Waals surface area contributed by atoms with E-state index in [2.05, 4.69) is 4.74 Å². The number of alkyl halides is 17. The predicted octanol–water partition coefficient (Wildman–Crippen LogP) is 6.46. The average Bonchev–Trinajstić information content (AvgIpc) is 2.73. The summed E-state index contributed by atoms with van der Waals surface area (Å²) in [6.45, 7) is 0.936. The first kappa shape index (κ1) is 35.4. The van der Waals surface area contributed by atoms with E-state index in [1.54, 1.807) is 0 Å². The smallest absolute Gasteiger partial charge is 0.460 e. The summed E-state index contributed by atoms with van der Waals surface area (Å²) in [7, 11) is 0. The third-order valence-corrected chi connectivity index (χ3v) is 4.57. The molecule has 1 atom stereocenters. The fraction of sp³-hybridized carbons (Fsp3) is 0.867. The molecule has 3 N–H and O–H groups in total. The van der Waals surface area contributed by atoms with Gasteiger partial charge >= 0.3 is 59.8 Å². The van der Waals surface area contributed by atoms with Crippen molar-refractivity contribution in [2.45, 2.75) is 79.9 Å². The van der Waals surface area contributed by atoms with Crippen LogP contribution < -0.4 is 10.9 Å². The van der Waals surface area contributed by atoms with Crippen LogP contribution in [-0.4, -0.2) is 71.0 Å². The van der Waals surface area contributed by atoms with Crippen LogP contribution in [0.5, 0.6) is 0 Å². The molecule has 0 aliphatic heterocycles. The third kappa shape index (κ3) is 5.83. The van der Waals surface area contributed by atoms with Crippen LogP contribution in [0, 0.1) is 0 Å². The van der Waals surface area contributed by atoms with Crippen LogP contribution in [0.4, 0.5) is 84.2 Å². The summed E-state index contributed by atoms with van der Waals surface area (Å²) in [6, 6.07) is 0. The second kappa shape index (κ2) is 10.5.